The Labute approximate surface area is 124 Å². The van der Waals surface area contributed by atoms with Gasteiger partial charge < -0.3 is 14.5 Å². The van der Waals surface area contributed by atoms with Gasteiger partial charge in [-0.1, -0.05) is 0 Å². The van der Waals surface area contributed by atoms with Crippen LogP contribution in [0.1, 0.15) is 23.0 Å². The third kappa shape index (κ3) is 3.91. The van der Waals surface area contributed by atoms with Crippen LogP contribution in [0.4, 0.5) is 8.78 Å². The van der Waals surface area contributed by atoms with Crippen LogP contribution in [-0.2, 0) is 16.1 Å². The van der Waals surface area contributed by atoms with Gasteiger partial charge in [0.2, 0.25) is 0 Å². The van der Waals surface area contributed by atoms with Crippen molar-refractivity contribution in [3.63, 3.8) is 0 Å². The Morgan fingerprint density at radius 2 is 2.05 bits per heavy atom. The van der Waals surface area contributed by atoms with Crippen molar-refractivity contribution in [3.8, 4) is 0 Å². The molecule has 1 aromatic heterocycles. The van der Waals surface area contributed by atoms with Gasteiger partial charge in [-0.25, -0.2) is 13.6 Å². The fourth-order valence-electron chi connectivity index (χ4n) is 1.64. The molecule has 1 N–H and O–H groups in total. The Morgan fingerprint density at radius 3 is 2.68 bits per heavy atom. The zero-order valence-corrected chi connectivity index (χ0v) is 11.6. The van der Waals surface area contributed by atoms with Crippen LogP contribution in [0.2, 0.25) is 0 Å². The quantitative estimate of drug-likeness (QED) is 0.861. The number of nitrogens with one attached hydrogen (secondary N) is 1. The minimum Gasteiger partial charge on any atom is -0.467 e. The Bertz CT molecular complexity index is 670. The lowest BCUT2D eigenvalue weighted by Gasteiger charge is -2.13. The SMILES string of the molecule is C[C@H](OC(=O)c1ccc(F)c(F)c1)C(=O)NCc1ccco1. The lowest BCUT2D eigenvalue weighted by Crippen LogP contribution is -2.35. The van der Waals surface area contributed by atoms with Crippen LogP contribution in [0.5, 0.6) is 0 Å². The first-order valence-electron chi connectivity index (χ1n) is 6.43. The predicted molar refractivity (Wildman–Crippen MR) is 71.8 cm³/mol. The summed E-state index contributed by atoms with van der Waals surface area (Å²) in [7, 11) is 0. The van der Waals surface area contributed by atoms with Crippen molar-refractivity contribution in [1.29, 1.82) is 0 Å². The van der Waals surface area contributed by atoms with E-state index in [-0.39, 0.29) is 12.1 Å². The molecule has 1 amide bonds. The number of rotatable bonds is 5. The van der Waals surface area contributed by atoms with Gasteiger partial charge in [-0.15, -0.1) is 0 Å². The molecule has 0 aliphatic heterocycles. The van der Waals surface area contributed by atoms with Crippen molar-refractivity contribution in [3.05, 3.63) is 59.6 Å². The van der Waals surface area contributed by atoms with E-state index in [1.807, 2.05) is 0 Å². The number of hydrogen-bond acceptors (Lipinski definition) is 4. The first kappa shape index (κ1) is 15.7. The van der Waals surface area contributed by atoms with Crippen LogP contribution in [0.15, 0.2) is 41.0 Å². The summed E-state index contributed by atoms with van der Waals surface area (Å²) in [4.78, 5) is 23.5. The number of carbonyl (C=O) groups excluding carboxylic acids is 2. The highest BCUT2D eigenvalue weighted by molar-refractivity contribution is 5.92. The molecule has 2 rings (SSSR count). The van der Waals surface area contributed by atoms with Crippen LogP contribution in [0.3, 0.4) is 0 Å². The molecule has 116 valence electrons. The van der Waals surface area contributed by atoms with E-state index in [4.69, 9.17) is 9.15 Å². The number of halogens is 2. The van der Waals surface area contributed by atoms with Gasteiger partial charge >= 0.3 is 5.97 Å². The Kier molecular flexibility index (Phi) is 4.88. The molecule has 0 aliphatic rings. The summed E-state index contributed by atoms with van der Waals surface area (Å²) >= 11 is 0. The molecule has 0 radical (unpaired) electrons. The Balaban J connectivity index is 1.89. The maximum absolute atomic E-state index is 13.0. The molecule has 0 bridgehead atoms. The molecule has 0 saturated heterocycles. The summed E-state index contributed by atoms with van der Waals surface area (Å²) in [5.41, 5.74) is -0.176. The average Bonchev–Trinajstić information content (AvgIpc) is 3.00. The highest BCUT2D eigenvalue weighted by Crippen LogP contribution is 2.11. The zero-order chi connectivity index (χ0) is 16.1. The molecule has 22 heavy (non-hydrogen) atoms. The maximum Gasteiger partial charge on any atom is 0.339 e. The third-order valence-electron chi connectivity index (χ3n) is 2.83. The second-order valence-electron chi connectivity index (χ2n) is 4.47. The largest absolute Gasteiger partial charge is 0.467 e. The number of amides is 1. The molecular weight excluding hydrogens is 296 g/mol. The summed E-state index contributed by atoms with van der Waals surface area (Å²) in [6, 6.07) is 5.96. The Morgan fingerprint density at radius 1 is 1.27 bits per heavy atom. The smallest absolute Gasteiger partial charge is 0.339 e. The van der Waals surface area contributed by atoms with Crippen LogP contribution >= 0.6 is 0 Å². The van der Waals surface area contributed by atoms with Crippen LogP contribution in [-0.4, -0.2) is 18.0 Å². The van der Waals surface area contributed by atoms with E-state index in [0.717, 1.165) is 12.1 Å². The highest BCUT2D eigenvalue weighted by Gasteiger charge is 2.19. The molecule has 1 aromatic carbocycles. The first-order valence-corrected chi connectivity index (χ1v) is 6.43. The van der Waals surface area contributed by atoms with E-state index >= 15 is 0 Å². The molecule has 2 aromatic rings. The van der Waals surface area contributed by atoms with Crippen LogP contribution in [0, 0.1) is 11.6 Å². The number of ether oxygens (including phenoxy) is 1. The zero-order valence-electron chi connectivity index (χ0n) is 11.6. The predicted octanol–water partition coefficient (Wildman–Crippen LogP) is 2.42. The van der Waals surface area contributed by atoms with Gasteiger partial charge in [-0.05, 0) is 37.3 Å². The lowest BCUT2D eigenvalue weighted by atomic mass is 10.2. The summed E-state index contributed by atoms with van der Waals surface area (Å²) < 4.78 is 35.8. The number of carbonyl (C=O) groups is 2. The average molecular weight is 309 g/mol. The third-order valence-corrected chi connectivity index (χ3v) is 2.83. The second kappa shape index (κ2) is 6.84. The monoisotopic (exact) mass is 309 g/mol. The normalized spacial score (nSPS) is 11.8. The molecule has 0 unspecified atom stereocenters. The molecule has 7 heteroatoms. The molecule has 0 aliphatic carbocycles. The lowest BCUT2D eigenvalue weighted by molar-refractivity contribution is -0.129. The number of benzene rings is 1. The van der Waals surface area contributed by atoms with Gasteiger partial charge in [0.15, 0.2) is 17.7 Å². The van der Waals surface area contributed by atoms with Gasteiger partial charge in [0.1, 0.15) is 5.76 Å². The van der Waals surface area contributed by atoms with Gasteiger partial charge in [0, 0.05) is 0 Å². The Hall–Kier alpha value is -2.70. The fourth-order valence-corrected chi connectivity index (χ4v) is 1.64. The number of esters is 1. The second-order valence-corrected chi connectivity index (χ2v) is 4.47. The topological polar surface area (TPSA) is 68.5 Å². The molecule has 5 nitrogen and oxygen atoms in total. The molecular formula is C15H13F2NO4. The van der Waals surface area contributed by atoms with Gasteiger partial charge in [-0.2, -0.15) is 0 Å². The molecule has 0 saturated carbocycles. The van der Waals surface area contributed by atoms with Crippen molar-refractivity contribution in [2.24, 2.45) is 0 Å². The fraction of sp³-hybridized carbons (Fsp3) is 0.200. The van der Waals surface area contributed by atoms with E-state index in [1.54, 1.807) is 12.1 Å². The van der Waals surface area contributed by atoms with Crippen molar-refractivity contribution in [2.45, 2.75) is 19.6 Å². The van der Waals surface area contributed by atoms with E-state index in [2.05, 4.69) is 5.32 Å². The molecule has 1 atom stereocenters. The maximum atomic E-state index is 13.0. The van der Waals surface area contributed by atoms with Crippen LogP contribution < -0.4 is 5.32 Å². The van der Waals surface area contributed by atoms with E-state index in [0.29, 0.717) is 11.8 Å². The van der Waals surface area contributed by atoms with Gasteiger partial charge in [0.25, 0.3) is 5.91 Å². The minimum absolute atomic E-state index is 0.152. The highest BCUT2D eigenvalue weighted by atomic mass is 19.2. The van der Waals surface area contributed by atoms with Crippen molar-refractivity contribution in [2.75, 3.05) is 0 Å². The van der Waals surface area contributed by atoms with Gasteiger partial charge in [-0.3, -0.25) is 4.79 Å². The van der Waals surface area contributed by atoms with E-state index in [1.165, 1.54) is 13.2 Å². The van der Waals surface area contributed by atoms with E-state index < -0.39 is 29.6 Å². The van der Waals surface area contributed by atoms with Crippen LogP contribution in [0.25, 0.3) is 0 Å². The van der Waals surface area contributed by atoms with Crippen molar-refractivity contribution < 1.29 is 27.5 Å². The number of furan rings is 1. The molecule has 0 fully saturated rings. The summed E-state index contributed by atoms with van der Waals surface area (Å²) in [5.74, 6) is -3.13. The minimum atomic E-state index is -1.16. The van der Waals surface area contributed by atoms with Crippen molar-refractivity contribution in [1.82, 2.24) is 5.32 Å². The summed E-state index contributed by atoms with van der Waals surface area (Å²) in [6.45, 7) is 1.52. The standard InChI is InChI=1S/C15H13F2NO4/c1-9(14(19)18-8-11-3-2-6-21-11)22-15(20)10-4-5-12(16)13(17)7-10/h2-7,9H,8H2,1H3,(H,18,19)/t9-/m0/s1. The number of hydrogen-bond donors (Lipinski definition) is 1. The van der Waals surface area contributed by atoms with E-state index in [9.17, 15) is 18.4 Å². The summed E-state index contributed by atoms with van der Waals surface area (Å²) in [5, 5.41) is 2.52. The van der Waals surface area contributed by atoms with Gasteiger partial charge in [0.05, 0.1) is 18.4 Å². The summed E-state index contributed by atoms with van der Waals surface area (Å²) in [6.07, 6.45) is 0.379. The molecule has 1 heterocycles. The molecule has 0 spiro atoms. The first-order chi connectivity index (χ1) is 10.5. The van der Waals surface area contributed by atoms with Crippen molar-refractivity contribution >= 4 is 11.9 Å².